The molecular formula is C20H21BrFN3O3. The van der Waals surface area contributed by atoms with Gasteiger partial charge in [-0.15, -0.1) is 0 Å². The summed E-state index contributed by atoms with van der Waals surface area (Å²) < 4.78 is 13.6. The lowest BCUT2D eigenvalue weighted by Gasteiger charge is -2.17. The lowest BCUT2D eigenvalue weighted by Crippen LogP contribution is -2.35. The number of nitrogens with one attached hydrogen (secondary N) is 2. The molecule has 3 amide bonds. The molecular weight excluding hydrogens is 429 g/mol. The number of rotatable bonds is 8. The van der Waals surface area contributed by atoms with Crippen molar-refractivity contribution in [2.24, 2.45) is 0 Å². The monoisotopic (exact) mass is 449 g/mol. The minimum absolute atomic E-state index is 0.0674. The number of hydrogen-bond acceptors (Lipinski definition) is 3. The van der Waals surface area contributed by atoms with Crippen molar-refractivity contribution in [2.45, 2.75) is 12.8 Å². The van der Waals surface area contributed by atoms with Crippen LogP contribution in [0.1, 0.15) is 23.2 Å². The van der Waals surface area contributed by atoms with Gasteiger partial charge in [-0.1, -0.05) is 12.1 Å². The van der Waals surface area contributed by atoms with Crippen LogP contribution in [0, 0.1) is 5.82 Å². The Kier molecular flexibility index (Phi) is 8.13. The number of amides is 3. The summed E-state index contributed by atoms with van der Waals surface area (Å²) in [4.78, 5) is 37.4. The van der Waals surface area contributed by atoms with Crippen LogP contribution < -0.4 is 10.6 Å². The molecule has 0 aliphatic heterocycles. The van der Waals surface area contributed by atoms with Crippen LogP contribution >= 0.6 is 15.9 Å². The maximum Gasteiger partial charge on any atom is 0.251 e. The van der Waals surface area contributed by atoms with Crippen LogP contribution in [-0.2, 0) is 9.59 Å². The molecule has 0 heterocycles. The summed E-state index contributed by atoms with van der Waals surface area (Å²) in [6, 6.07) is 12.4. The molecule has 0 aromatic heterocycles. The van der Waals surface area contributed by atoms with Gasteiger partial charge in [0, 0.05) is 30.0 Å². The average Bonchev–Trinajstić information content (AvgIpc) is 2.67. The number of hydrogen-bond donors (Lipinski definition) is 2. The van der Waals surface area contributed by atoms with Crippen molar-refractivity contribution >= 4 is 39.3 Å². The highest BCUT2D eigenvalue weighted by atomic mass is 79.9. The first kappa shape index (κ1) is 21.6. The Hall–Kier alpha value is -2.74. The van der Waals surface area contributed by atoms with Gasteiger partial charge in [-0.25, -0.2) is 4.39 Å². The molecule has 0 aliphatic rings. The van der Waals surface area contributed by atoms with Gasteiger partial charge in [0.1, 0.15) is 5.82 Å². The van der Waals surface area contributed by atoms with Crippen LogP contribution in [-0.4, -0.2) is 42.8 Å². The van der Waals surface area contributed by atoms with Crippen LogP contribution in [0.3, 0.4) is 0 Å². The Morgan fingerprint density at radius 2 is 1.75 bits per heavy atom. The van der Waals surface area contributed by atoms with E-state index in [1.54, 1.807) is 19.2 Å². The van der Waals surface area contributed by atoms with Crippen molar-refractivity contribution in [3.8, 4) is 0 Å². The first-order valence-electron chi connectivity index (χ1n) is 8.69. The second-order valence-electron chi connectivity index (χ2n) is 6.14. The van der Waals surface area contributed by atoms with E-state index in [1.807, 2.05) is 12.1 Å². The first-order valence-corrected chi connectivity index (χ1v) is 9.48. The SMILES string of the molecule is CN(CC(=O)Nc1ccccc1Br)C(=O)CCCNC(=O)c1ccc(F)cc1. The molecule has 0 saturated carbocycles. The molecule has 0 bridgehead atoms. The molecule has 0 fully saturated rings. The van der Waals surface area contributed by atoms with E-state index in [4.69, 9.17) is 0 Å². The smallest absolute Gasteiger partial charge is 0.251 e. The van der Waals surface area contributed by atoms with Crippen molar-refractivity contribution in [3.05, 3.63) is 64.4 Å². The fraction of sp³-hybridized carbons (Fsp3) is 0.250. The van der Waals surface area contributed by atoms with E-state index in [0.717, 1.165) is 4.47 Å². The highest BCUT2D eigenvalue weighted by Gasteiger charge is 2.14. The molecule has 0 atom stereocenters. The predicted molar refractivity (Wildman–Crippen MR) is 108 cm³/mol. The Labute approximate surface area is 171 Å². The van der Waals surface area contributed by atoms with Crippen molar-refractivity contribution < 1.29 is 18.8 Å². The number of carbonyl (C=O) groups excluding carboxylic acids is 3. The maximum atomic E-state index is 12.8. The van der Waals surface area contributed by atoms with Gasteiger partial charge in [0.25, 0.3) is 5.91 Å². The number of carbonyl (C=O) groups is 3. The van der Waals surface area contributed by atoms with Crippen LogP contribution in [0.5, 0.6) is 0 Å². The van der Waals surface area contributed by atoms with Gasteiger partial charge >= 0.3 is 0 Å². The zero-order valence-corrected chi connectivity index (χ0v) is 17.0. The number of nitrogens with zero attached hydrogens (tertiary/aromatic N) is 1. The van der Waals surface area contributed by atoms with E-state index in [1.165, 1.54) is 29.2 Å². The molecule has 6 nitrogen and oxygen atoms in total. The van der Waals surface area contributed by atoms with Crippen LogP contribution in [0.15, 0.2) is 53.0 Å². The molecule has 0 radical (unpaired) electrons. The van der Waals surface area contributed by atoms with Gasteiger partial charge in [0.15, 0.2) is 0 Å². The molecule has 0 unspecified atom stereocenters. The number of anilines is 1. The summed E-state index contributed by atoms with van der Waals surface area (Å²) in [5, 5.41) is 5.41. The van der Waals surface area contributed by atoms with Gasteiger partial charge < -0.3 is 15.5 Å². The summed E-state index contributed by atoms with van der Waals surface area (Å²) in [5.74, 6) is -1.23. The van der Waals surface area contributed by atoms with Crippen LogP contribution in [0.2, 0.25) is 0 Å². The second-order valence-corrected chi connectivity index (χ2v) is 7.00. The molecule has 8 heteroatoms. The third-order valence-electron chi connectivity index (χ3n) is 3.91. The van der Waals surface area contributed by atoms with Crippen molar-refractivity contribution in [3.63, 3.8) is 0 Å². The molecule has 2 aromatic rings. The Morgan fingerprint density at radius 3 is 2.43 bits per heavy atom. The van der Waals surface area contributed by atoms with Crippen LogP contribution in [0.25, 0.3) is 0 Å². The minimum atomic E-state index is -0.408. The number of para-hydroxylation sites is 1. The molecule has 28 heavy (non-hydrogen) atoms. The van der Waals surface area contributed by atoms with Gasteiger partial charge in [-0.05, 0) is 58.7 Å². The zero-order chi connectivity index (χ0) is 20.5. The first-order chi connectivity index (χ1) is 13.4. The number of benzene rings is 2. The molecule has 0 spiro atoms. The second kappa shape index (κ2) is 10.6. The molecule has 2 rings (SSSR count). The fourth-order valence-corrected chi connectivity index (χ4v) is 2.78. The van der Waals surface area contributed by atoms with Gasteiger partial charge in [0.05, 0.1) is 12.2 Å². The number of halogens is 2. The quantitative estimate of drug-likeness (QED) is 0.607. The van der Waals surface area contributed by atoms with E-state index in [9.17, 15) is 18.8 Å². The maximum absolute atomic E-state index is 12.8. The standard InChI is InChI=1S/C20H21BrFN3O3/c1-25(13-18(26)24-17-6-3-2-5-16(17)21)19(27)7-4-12-23-20(28)14-8-10-15(22)11-9-14/h2-3,5-6,8-11H,4,7,12-13H2,1H3,(H,23,28)(H,24,26). The van der Waals surface area contributed by atoms with Gasteiger partial charge in [-0.2, -0.15) is 0 Å². The normalized spacial score (nSPS) is 10.2. The highest BCUT2D eigenvalue weighted by molar-refractivity contribution is 9.10. The Balaban J connectivity index is 1.69. The summed E-state index contributed by atoms with van der Waals surface area (Å²) in [5.41, 5.74) is 0.991. The van der Waals surface area contributed by atoms with E-state index >= 15 is 0 Å². The third kappa shape index (κ3) is 6.77. The zero-order valence-electron chi connectivity index (χ0n) is 15.4. The highest BCUT2D eigenvalue weighted by Crippen LogP contribution is 2.20. The molecule has 0 aliphatic carbocycles. The summed E-state index contributed by atoms with van der Waals surface area (Å²) in [6.45, 7) is 0.237. The number of likely N-dealkylation sites (N-methyl/N-ethyl adjacent to an activating group) is 1. The van der Waals surface area contributed by atoms with Gasteiger partial charge in [0.2, 0.25) is 11.8 Å². The third-order valence-corrected chi connectivity index (χ3v) is 4.61. The topological polar surface area (TPSA) is 78.5 Å². The molecule has 2 aromatic carbocycles. The van der Waals surface area contributed by atoms with Crippen molar-refractivity contribution in [1.82, 2.24) is 10.2 Å². The minimum Gasteiger partial charge on any atom is -0.352 e. The molecule has 148 valence electrons. The van der Waals surface area contributed by atoms with E-state index in [-0.39, 0.29) is 30.7 Å². The predicted octanol–water partition coefficient (Wildman–Crippen LogP) is 3.20. The largest absolute Gasteiger partial charge is 0.352 e. The Bertz CT molecular complexity index is 843. The van der Waals surface area contributed by atoms with Crippen molar-refractivity contribution in [2.75, 3.05) is 25.5 Å². The van der Waals surface area contributed by atoms with E-state index < -0.39 is 5.82 Å². The fourth-order valence-electron chi connectivity index (χ4n) is 2.39. The molecule has 0 saturated heterocycles. The summed E-state index contributed by atoms with van der Waals surface area (Å²) >= 11 is 3.35. The van der Waals surface area contributed by atoms with Crippen molar-refractivity contribution in [1.29, 1.82) is 0 Å². The lowest BCUT2D eigenvalue weighted by atomic mass is 10.2. The molecule has 2 N–H and O–H groups in total. The van der Waals surface area contributed by atoms with E-state index in [0.29, 0.717) is 24.2 Å². The van der Waals surface area contributed by atoms with Gasteiger partial charge in [-0.3, -0.25) is 14.4 Å². The Morgan fingerprint density at radius 1 is 1.07 bits per heavy atom. The summed E-state index contributed by atoms with van der Waals surface area (Å²) in [6.07, 6.45) is 0.629. The van der Waals surface area contributed by atoms with E-state index in [2.05, 4.69) is 26.6 Å². The van der Waals surface area contributed by atoms with Crippen LogP contribution in [0.4, 0.5) is 10.1 Å². The lowest BCUT2D eigenvalue weighted by molar-refractivity contribution is -0.133. The summed E-state index contributed by atoms with van der Waals surface area (Å²) in [7, 11) is 1.55. The average molecular weight is 450 g/mol.